The van der Waals surface area contributed by atoms with Gasteiger partial charge in [-0.15, -0.1) is 0 Å². The summed E-state index contributed by atoms with van der Waals surface area (Å²) in [4.78, 5) is 15.8. The quantitative estimate of drug-likeness (QED) is 0.201. The number of thioether (sulfide) groups is 1. The van der Waals surface area contributed by atoms with Crippen LogP contribution in [-0.4, -0.2) is 28.8 Å². The molecule has 0 radical (unpaired) electrons. The van der Waals surface area contributed by atoms with E-state index in [0.29, 0.717) is 17.6 Å². The topological polar surface area (TPSA) is 32.3 Å². The summed E-state index contributed by atoms with van der Waals surface area (Å²) in [6.45, 7) is 8.85. The van der Waals surface area contributed by atoms with Gasteiger partial charge in [0.25, 0.3) is 5.91 Å². The van der Waals surface area contributed by atoms with Crippen LogP contribution in [0, 0.1) is 0 Å². The van der Waals surface area contributed by atoms with Gasteiger partial charge in [-0.05, 0) is 39.8 Å². The number of nitrogens with zero attached hydrogens (tertiary/aromatic N) is 1. The molecule has 29 heavy (non-hydrogen) atoms. The summed E-state index contributed by atoms with van der Waals surface area (Å²) in [7, 11) is 0. The van der Waals surface area contributed by atoms with Crippen LogP contribution in [0.25, 0.3) is 0 Å². The molecule has 0 aliphatic rings. The zero-order chi connectivity index (χ0) is 20.4. The van der Waals surface area contributed by atoms with Crippen LogP contribution in [0.5, 0.6) is 0 Å². The van der Waals surface area contributed by atoms with Crippen molar-refractivity contribution < 1.29 is 21.9 Å². The third-order valence-electron chi connectivity index (χ3n) is 4.31. The van der Waals surface area contributed by atoms with Gasteiger partial charge in [-0.3, -0.25) is 9.69 Å². The molecule has 0 unspecified atom stereocenters. The Morgan fingerprint density at radius 1 is 0.966 bits per heavy atom. The Kier molecular flexibility index (Phi) is 11.7. The molecule has 0 aliphatic heterocycles. The molecule has 5 heteroatoms. The number of hydrogen-bond donors (Lipinski definition) is 1. The summed E-state index contributed by atoms with van der Waals surface area (Å²) >= 11 is 1.77. The average molecular weight is 450 g/mol. The minimum absolute atomic E-state index is 0. The predicted molar refractivity (Wildman–Crippen MR) is 121 cm³/mol. The van der Waals surface area contributed by atoms with E-state index < -0.39 is 0 Å². The van der Waals surface area contributed by atoms with Crippen LogP contribution in [0.4, 0.5) is 5.69 Å². The number of amides is 1. The van der Waals surface area contributed by atoms with Gasteiger partial charge in [0.15, 0.2) is 0 Å². The molecular formula is C24H30FeN2OS-6. The Morgan fingerprint density at radius 3 is 2.03 bits per heavy atom. The molecule has 162 valence electrons. The fourth-order valence-electron chi connectivity index (χ4n) is 2.78. The first-order valence-corrected chi connectivity index (χ1v) is 10.6. The molecule has 3 aromatic carbocycles. The first kappa shape index (κ1) is 25.3. The molecule has 0 aliphatic carbocycles. The molecule has 0 bridgehead atoms. The van der Waals surface area contributed by atoms with Gasteiger partial charge in [-0.2, -0.15) is 23.9 Å². The van der Waals surface area contributed by atoms with Crippen molar-refractivity contribution in [2.75, 3.05) is 11.2 Å². The Labute approximate surface area is 190 Å². The van der Waals surface area contributed by atoms with Gasteiger partial charge in [0, 0.05) is 40.6 Å². The normalized spacial score (nSPS) is 10.4. The molecule has 0 saturated carbocycles. The van der Waals surface area contributed by atoms with Gasteiger partial charge in [0.05, 0.1) is 0 Å². The molecule has 3 rings (SSSR count). The van der Waals surface area contributed by atoms with Gasteiger partial charge >= 0.3 is 0 Å². The van der Waals surface area contributed by atoms with Crippen molar-refractivity contribution in [3.63, 3.8) is 0 Å². The fraction of sp³-hybridized carbons (Fsp3) is 0.292. The fourth-order valence-corrected chi connectivity index (χ4v) is 4.11. The van der Waals surface area contributed by atoms with Gasteiger partial charge < -0.3 is 35.6 Å². The number of rotatable bonds is 7. The van der Waals surface area contributed by atoms with Crippen LogP contribution < -0.4 is 5.32 Å². The molecule has 3 aromatic rings. The minimum Gasteiger partial charge on any atom is -0.748 e. The van der Waals surface area contributed by atoms with Crippen LogP contribution in [0.3, 0.4) is 0 Å². The summed E-state index contributed by atoms with van der Waals surface area (Å²) in [5.74, 6) is 0.844. The third-order valence-corrected chi connectivity index (χ3v) is 5.41. The first-order chi connectivity index (χ1) is 13.5. The van der Waals surface area contributed by atoms with Crippen molar-refractivity contribution >= 4 is 23.4 Å². The van der Waals surface area contributed by atoms with Gasteiger partial charge in [-0.1, -0.05) is 28.8 Å². The number of carbonyl (C=O) groups is 1. The zero-order valence-electron chi connectivity index (χ0n) is 17.5. The second-order valence-corrected chi connectivity index (χ2v) is 8.05. The van der Waals surface area contributed by atoms with Gasteiger partial charge in [-0.25, -0.2) is 6.07 Å². The number of benzene rings is 1. The van der Waals surface area contributed by atoms with Crippen molar-refractivity contribution in [2.45, 2.75) is 44.7 Å². The molecular weight excluding hydrogens is 420 g/mol. The Hall–Kier alpha value is -1.78. The van der Waals surface area contributed by atoms with Crippen molar-refractivity contribution in [2.24, 2.45) is 0 Å². The van der Waals surface area contributed by atoms with Crippen LogP contribution in [0.2, 0.25) is 0 Å². The van der Waals surface area contributed by atoms with Crippen LogP contribution >= 0.6 is 11.8 Å². The summed E-state index contributed by atoms with van der Waals surface area (Å²) in [5, 5.41) is 3.01. The van der Waals surface area contributed by atoms with E-state index in [9.17, 15) is 4.79 Å². The summed E-state index contributed by atoms with van der Waals surface area (Å²) in [6, 6.07) is 26.3. The SMILES string of the molecule is CC(C)N(CS[c-]1cccc1NC(=O)c1ccccc1)C(C)C.[Fe].[cH-]1[cH-][cH-][cH-][cH-]1. The van der Waals surface area contributed by atoms with E-state index in [-0.39, 0.29) is 23.0 Å². The Balaban J connectivity index is 0.000000610. The summed E-state index contributed by atoms with van der Waals surface area (Å²) < 4.78 is 0. The zero-order valence-corrected chi connectivity index (χ0v) is 19.4. The third kappa shape index (κ3) is 8.63. The van der Waals surface area contributed by atoms with E-state index in [4.69, 9.17) is 0 Å². The van der Waals surface area contributed by atoms with E-state index in [1.165, 1.54) is 0 Å². The smallest absolute Gasteiger partial charge is 0.253 e. The maximum atomic E-state index is 12.3. The summed E-state index contributed by atoms with van der Waals surface area (Å²) in [6.07, 6.45) is 0. The van der Waals surface area contributed by atoms with Gasteiger partial charge in [0.1, 0.15) is 0 Å². The maximum absolute atomic E-state index is 12.3. The monoisotopic (exact) mass is 450 g/mol. The number of hydrogen-bond acceptors (Lipinski definition) is 3. The molecule has 0 aromatic heterocycles. The average Bonchev–Trinajstić information content (AvgIpc) is 3.37. The molecule has 0 heterocycles. The summed E-state index contributed by atoms with van der Waals surface area (Å²) in [5.41, 5.74) is 1.56. The number of carbonyl (C=O) groups excluding carboxylic acids is 1. The van der Waals surface area contributed by atoms with Crippen molar-refractivity contribution in [3.8, 4) is 0 Å². The van der Waals surface area contributed by atoms with E-state index in [0.717, 1.165) is 16.5 Å². The number of nitrogens with one attached hydrogen (secondary N) is 1. The van der Waals surface area contributed by atoms with Crippen molar-refractivity contribution in [1.29, 1.82) is 0 Å². The van der Waals surface area contributed by atoms with E-state index in [2.05, 4.69) is 44.0 Å². The predicted octanol–water partition coefficient (Wildman–Crippen LogP) is 6.23. The van der Waals surface area contributed by atoms with Crippen molar-refractivity contribution in [3.05, 3.63) is 84.4 Å². The van der Waals surface area contributed by atoms with Crippen LogP contribution in [-0.2, 0) is 17.1 Å². The molecule has 3 nitrogen and oxygen atoms in total. The minimum atomic E-state index is -0.0665. The maximum Gasteiger partial charge on any atom is 0.253 e. The molecule has 0 fully saturated rings. The second kappa shape index (κ2) is 13.4. The van der Waals surface area contributed by atoms with Crippen LogP contribution in [0.15, 0.2) is 83.8 Å². The first-order valence-electron chi connectivity index (χ1n) is 9.66. The molecule has 1 N–H and O–H groups in total. The Morgan fingerprint density at radius 2 is 1.52 bits per heavy atom. The molecule has 0 atom stereocenters. The van der Waals surface area contributed by atoms with Gasteiger partial charge in [0.2, 0.25) is 0 Å². The largest absolute Gasteiger partial charge is 0.748 e. The van der Waals surface area contributed by atoms with E-state index in [1.807, 2.05) is 72.8 Å². The molecule has 0 spiro atoms. The number of anilines is 1. The molecule has 1 amide bonds. The molecule has 0 saturated heterocycles. The van der Waals surface area contributed by atoms with E-state index in [1.54, 1.807) is 11.8 Å². The second-order valence-electron chi connectivity index (χ2n) is 7.06. The van der Waals surface area contributed by atoms with E-state index >= 15 is 0 Å². The standard InChI is InChI=1S/C19H25N2OS.C5H5.Fe/c1-14(2)21(15(3)4)13-23-18-12-8-11-17(18)20-19(22)16-9-6-5-7-10-16;1-2-4-5-3-1;/h5-12,14-15H,13H2,1-4H3,(H,20,22);1-5H;/q-1;-5;. The van der Waals surface area contributed by atoms with Crippen LogP contribution in [0.1, 0.15) is 38.1 Å². The Bertz CT molecular complexity index is 772. The van der Waals surface area contributed by atoms with Crippen molar-refractivity contribution in [1.82, 2.24) is 4.90 Å².